The maximum absolute atomic E-state index is 12.6. The number of rotatable bonds is 5. The predicted octanol–water partition coefficient (Wildman–Crippen LogP) is 4.78. The highest BCUT2D eigenvalue weighted by molar-refractivity contribution is 6.52. The predicted molar refractivity (Wildman–Crippen MR) is 91.1 cm³/mol. The Morgan fingerprint density at radius 1 is 1.00 bits per heavy atom. The number of allylic oxidation sites excluding steroid dienone is 1. The van der Waals surface area contributed by atoms with Gasteiger partial charge in [0.25, 0.3) is 0 Å². The second-order valence-corrected chi connectivity index (χ2v) is 7.02. The van der Waals surface area contributed by atoms with Crippen LogP contribution in [0.25, 0.3) is 6.08 Å². The van der Waals surface area contributed by atoms with Crippen molar-refractivity contribution in [3.63, 3.8) is 0 Å². The number of aryl methyl sites for hydroxylation is 1. The van der Waals surface area contributed by atoms with Gasteiger partial charge in [-0.1, -0.05) is 46.2 Å². The molecule has 0 fully saturated rings. The van der Waals surface area contributed by atoms with E-state index in [1.807, 2.05) is 32.9 Å². The van der Waals surface area contributed by atoms with Crippen LogP contribution in [0, 0.1) is 18.8 Å². The van der Waals surface area contributed by atoms with Crippen molar-refractivity contribution in [2.45, 2.75) is 53.9 Å². The summed E-state index contributed by atoms with van der Waals surface area (Å²) in [5.41, 5.74) is 4.38. The van der Waals surface area contributed by atoms with E-state index in [0.29, 0.717) is 17.1 Å². The lowest BCUT2D eigenvalue weighted by atomic mass is 9.80. The van der Waals surface area contributed by atoms with Crippen LogP contribution in [0.5, 0.6) is 0 Å². The number of carbonyl (C=O) groups is 2. The molecule has 0 aromatic heterocycles. The Morgan fingerprint density at radius 2 is 1.68 bits per heavy atom. The quantitative estimate of drug-likeness (QED) is 0.733. The zero-order chi connectivity index (χ0) is 16.4. The molecule has 1 aromatic rings. The van der Waals surface area contributed by atoms with Crippen LogP contribution in [-0.4, -0.2) is 11.6 Å². The monoisotopic (exact) mass is 298 g/mol. The second kappa shape index (κ2) is 6.60. The molecule has 0 amide bonds. The van der Waals surface area contributed by atoms with Crippen molar-refractivity contribution in [3.05, 3.63) is 40.0 Å². The van der Waals surface area contributed by atoms with Crippen LogP contribution in [0.1, 0.15) is 67.6 Å². The molecule has 0 saturated carbocycles. The van der Waals surface area contributed by atoms with E-state index in [2.05, 4.69) is 19.9 Å². The number of hydrogen-bond donors (Lipinski definition) is 0. The smallest absolute Gasteiger partial charge is 0.234 e. The molecule has 1 aromatic carbocycles. The van der Waals surface area contributed by atoms with Crippen LogP contribution in [-0.2, 0) is 11.2 Å². The summed E-state index contributed by atoms with van der Waals surface area (Å²) < 4.78 is 0. The van der Waals surface area contributed by atoms with E-state index < -0.39 is 0 Å². The average molecular weight is 298 g/mol. The van der Waals surface area contributed by atoms with Crippen LogP contribution >= 0.6 is 0 Å². The number of hydrogen-bond acceptors (Lipinski definition) is 2. The Morgan fingerprint density at radius 3 is 2.27 bits per heavy atom. The van der Waals surface area contributed by atoms with Crippen molar-refractivity contribution in [2.24, 2.45) is 11.8 Å². The minimum absolute atomic E-state index is 0.0790. The Balaban J connectivity index is 2.45. The van der Waals surface area contributed by atoms with Gasteiger partial charge in [0.1, 0.15) is 0 Å². The Bertz CT molecular complexity index is 633. The van der Waals surface area contributed by atoms with E-state index in [-0.39, 0.29) is 17.5 Å². The lowest BCUT2D eigenvalue weighted by Crippen LogP contribution is -2.25. The molecular weight excluding hydrogens is 272 g/mol. The molecule has 0 saturated heterocycles. The standard InChI is InChI=1S/C20H26O2/c1-12(2)7-6-8-16-14(5)9-10-15-11-17(13(3)4)19(21)20(22)18(15)16/h9-13H,6-8H2,1-5H3. The van der Waals surface area contributed by atoms with Gasteiger partial charge in [0.2, 0.25) is 11.6 Å². The Kier molecular flexibility index (Phi) is 5.00. The molecule has 2 rings (SSSR count). The maximum atomic E-state index is 12.6. The summed E-state index contributed by atoms with van der Waals surface area (Å²) in [6, 6.07) is 4.05. The summed E-state index contributed by atoms with van der Waals surface area (Å²) >= 11 is 0. The second-order valence-electron chi connectivity index (χ2n) is 7.02. The van der Waals surface area contributed by atoms with Gasteiger partial charge >= 0.3 is 0 Å². The molecule has 1 aliphatic carbocycles. The molecule has 0 bridgehead atoms. The third-order valence-corrected chi connectivity index (χ3v) is 4.42. The van der Waals surface area contributed by atoms with Crippen molar-refractivity contribution >= 4 is 17.6 Å². The summed E-state index contributed by atoms with van der Waals surface area (Å²) in [7, 11) is 0. The molecule has 2 heteroatoms. The normalized spacial score (nSPS) is 14.6. The highest BCUT2D eigenvalue weighted by atomic mass is 16.2. The molecular formula is C20H26O2. The maximum Gasteiger partial charge on any atom is 0.234 e. The van der Waals surface area contributed by atoms with Gasteiger partial charge in [0, 0.05) is 11.1 Å². The van der Waals surface area contributed by atoms with E-state index in [4.69, 9.17) is 0 Å². The molecule has 0 radical (unpaired) electrons. The third kappa shape index (κ3) is 3.21. The highest BCUT2D eigenvalue weighted by Crippen LogP contribution is 2.31. The van der Waals surface area contributed by atoms with Crippen LogP contribution in [0.2, 0.25) is 0 Å². The first-order chi connectivity index (χ1) is 10.3. The van der Waals surface area contributed by atoms with Crippen molar-refractivity contribution in [2.75, 3.05) is 0 Å². The molecule has 118 valence electrons. The molecule has 0 atom stereocenters. The fourth-order valence-electron chi connectivity index (χ4n) is 3.07. The first-order valence-electron chi connectivity index (χ1n) is 8.26. The number of Topliss-reactive ketones (excluding diaryl/α,β-unsaturated/α-hetero) is 2. The lowest BCUT2D eigenvalue weighted by Gasteiger charge is -2.21. The van der Waals surface area contributed by atoms with Gasteiger partial charge in [-0.05, 0) is 54.4 Å². The van der Waals surface area contributed by atoms with Crippen LogP contribution < -0.4 is 0 Å². The molecule has 0 N–H and O–H groups in total. The topological polar surface area (TPSA) is 34.1 Å². The van der Waals surface area contributed by atoms with E-state index >= 15 is 0 Å². The van der Waals surface area contributed by atoms with Gasteiger partial charge in [0.15, 0.2) is 0 Å². The third-order valence-electron chi connectivity index (χ3n) is 4.42. The number of ketones is 2. The molecule has 22 heavy (non-hydrogen) atoms. The van der Waals surface area contributed by atoms with E-state index in [1.165, 1.54) is 0 Å². The molecule has 0 aliphatic heterocycles. The zero-order valence-corrected chi connectivity index (χ0v) is 14.3. The van der Waals surface area contributed by atoms with Crippen LogP contribution in [0.4, 0.5) is 0 Å². The van der Waals surface area contributed by atoms with E-state index in [9.17, 15) is 9.59 Å². The summed E-state index contributed by atoms with van der Waals surface area (Å²) in [5, 5.41) is 0. The number of carbonyl (C=O) groups excluding carboxylic acids is 2. The van der Waals surface area contributed by atoms with E-state index in [0.717, 1.165) is 36.0 Å². The first kappa shape index (κ1) is 16.7. The highest BCUT2D eigenvalue weighted by Gasteiger charge is 2.31. The van der Waals surface area contributed by atoms with Gasteiger partial charge in [-0.25, -0.2) is 0 Å². The van der Waals surface area contributed by atoms with Crippen molar-refractivity contribution in [3.8, 4) is 0 Å². The summed E-state index contributed by atoms with van der Waals surface area (Å²) in [6.45, 7) is 10.4. The summed E-state index contributed by atoms with van der Waals surface area (Å²) in [4.78, 5) is 25.0. The largest absolute Gasteiger partial charge is 0.285 e. The fraction of sp³-hybridized carbons (Fsp3) is 0.500. The van der Waals surface area contributed by atoms with Gasteiger partial charge in [-0.2, -0.15) is 0 Å². The van der Waals surface area contributed by atoms with Gasteiger partial charge < -0.3 is 0 Å². The number of fused-ring (bicyclic) bond motifs is 1. The number of benzene rings is 1. The SMILES string of the molecule is Cc1ccc2c(c1CCCC(C)C)C(=O)C(=O)C(C(C)C)=C2. The molecule has 0 spiro atoms. The minimum atomic E-state index is -0.321. The summed E-state index contributed by atoms with van der Waals surface area (Å²) in [5.74, 6) is 0.0996. The zero-order valence-electron chi connectivity index (χ0n) is 14.3. The molecule has 1 aliphatic rings. The van der Waals surface area contributed by atoms with Crippen molar-refractivity contribution in [1.29, 1.82) is 0 Å². The molecule has 0 unspecified atom stereocenters. The van der Waals surface area contributed by atoms with Crippen molar-refractivity contribution < 1.29 is 9.59 Å². The molecule has 0 heterocycles. The first-order valence-corrected chi connectivity index (χ1v) is 8.26. The Hall–Kier alpha value is -1.70. The van der Waals surface area contributed by atoms with Crippen LogP contribution in [0.15, 0.2) is 17.7 Å². The lowest BCUT2D eigenvalue weighted by molar-refractivity contribution is -0.112. The molecule has 2 nitrogen and oxygen atoms in total. The summed E-state index contributed by atoms with van der Waals surface area (Å²) in [6.07, 6.45) is 4.97. The average Bonchev–Trinajstić information content (AvgIpc) is 2.44. The van der Waals surface area contributed by atoms with Gasteiger partial charge in [-0.15, -0.1) is 0 Å². The van der Waals surface area contributed by atoms with Gasteiger partial charge in [-0.3, -0.25) is 9.59 Å². The van der Waals surface area contributed by atoms with E-state index in [1.54, 1.807) is 0 Å². The van der Waals surface area contributed by atoms with Crippen molar-refractivity contribution in [1.82, 2.24) is 0 Å². The fourth-order valence-corrected chi connectivity index (χ4v) is 3.07. The minimum Gasteiger partial charge on any atom is -0.285 e. The van der Waals surface area contributed by atoms with Gasteiger partial charge in [0.05, 0.1) is 0 Å². The van der Waals surface area contributed by atoms with Crippen LogP contribution in [0.3, 0.4) is 0 Å². The Labute approximate surface area is 133 Å².